The molecule has 0 bridgehead atoms. The van der Waals surface area contributed by atoms with E-state index >= 15 is 0 Å². The lowest BCUT2D eigenvalue weighted by atomic mass is 10.0. The van der Waals surface area contributed by atoms with E-state index in [1.165, 1.54) is 7.11 Å². The number of aromatic nitrogens is 1. The lowest BCUT2D eigenvalue weighted by Crippen LogP contribution is -2.58. The Bertz CT molecular complexity index is 1580. The topological polar surface area (TPSA) is 123 Å². The number of likely N-dealkylation sites (tertiary alicyclic amines) is 1. The van der Waals surface area contributed by atoms with Gasteiger partial charge in [-0.25, -0.2) is 22.2 Å². The van der Waals surface area contributed by atoms with Crippen molar-refractivity contribution in [3.05, 3.63) is 53.0 Å². The molecular weight excluding hydrogens is 576 g/mol. The number of ketones is 1. The van der Waals surface area contributed by atoms with Crippen LogP contribution in [0.4, 0.5) is 8.78 Å². The van der Waals surface area contributed by atoms with Gasteiger partial charge in [0.2, 0.25) is 5.91 Å². The van der Waals surface area contributed by atoms with Gasteiger partial charge in [0.1, 0.15) is 5.01 Å². The third kappa shape index (κ3) is 6.79. The molecular formula is C28H29F2N3O6S2. The molecule has 9 nitrogen and oxygen atoms in total. The molecule has 0 spiro atoms. The van der Waals surface area contributed by atoms with Crippen molar-refractivity contribution in [3.8, 4) is 11.1 Å². The van der Waals surface area contributed by atoms with Crippen LogP contribution in [0.5, 0.6) is 0 Å². The molecule has 2 heterocycles. The molecule has 5 rings (SSSR count). The Morgan fingerprint density at radius 2 is 1.78 bits per heavy atom. The van der Waals surface area contributed by atoms with Crippen molar-refractivity contribution in [2.75, 3.05) is 32.6 Å². The number of methoxy groups -OCH3 is 1. The number of benzene rings is 2. The van der Waals surface area contributed by atoms with Crippen LogP contribution in [0.1, 0.15) is 46.3 Å². The molecule has 1 N–H and O–H groups in total. The molecule has 3 aromatic rings. The van der Waals surface area contributed by atoms with Crippen molar-refractivity contribution < 1.29 is 36.3 Å². The van der Waals surface area contributed by atoms with Crippen molar-refractivity contribution in [2.24, 2.45) is 0 Å². The van der Waals surface area contributed by atoms with Gasteiger partial charge in [-0.2, -0.15) is 0 Å². The Hall–Kier alpha value is -3.29. The second kappa shape index (κ2) is 11.5. The number of alkyl halides is 2. The van der Waals surface area contributed by atoms with Crippen LogP contribution in [0.15, 0.2) is 42.5 Å². The average Bonchev–Trinajstić information content (AvgIpc) is 3.64. The fourth-order valence-corrected chi connectivity index (χ4v) is 7.69. The van der Waals surface area contributed by atoms with Crippen molar-refractivity contribution in [2.45, 2.75) is 42.9 Å². The van der Waals surface area contributed by atoms with Gasteiger partial charge in [0.25, 0.3) is 11.8 Å². The Labute approximate surface area is 239 Å². The third-order valence-corrected chi connectivity index (χ3v) is 10.2. The number of nitrogens with one attached hydrogen (secondary N) is 1. The van der Waals surface area contributed by atoms with Crippen LogP contribution >= 0.6 is 11.3 Å². The maximum Gasteiger partial charge on any atom is 0.282 e. The summed E-state index contributed by atoms with van der Waals surface area (Å²) < 4.78 is 58.3. The monoisotopic (exact) mass is 605 g/mol. The first kappa shape index (κ1) is 29.2. The molecule has 41 heavy (non-hydrogen) atoms. The average molecular weight is 606 g/mol. The van der Waals surface area contributed by atoms with Crippen molar-refractivity contribution in [1.82, 2.24) is 15.2 Å². The number of halogens is 2. The number of carbonyl (C=O) groups excluding carboxylic acids is 3. The van der Waals surface area contributed by atoms with E-state index < -0.39 is 45.8 Å². The van der Waals surface area contributed by atoms with Crippen molar-refractivity contribution in [3.63, 3.8) is 0 Å². The summed E-state index contributed by atoms with van der Waals surface area (Å²) in [4.78, 5) is 43.3. The zero-order chi connectivity index (χ0) is 29.4. The van der Waals surface area contributed by atoms with E-state index in [0.29, 0.717) is 15.8 Å². The molecule has 1 aromatic heterocycles. The highest BCUT2D eigenvalue weighted by Gasteiger charge is 2.46. The lowest BCUT2D eigenvalue weighted by molar-refractivity contribution is -0.125. The Morgan fingerprint density at radius 1 is 1.10 bits per heavy atom. The van der Waals surface area contributed by atoms with E-state index in [-0.39, 0.29) is 42.2 Å². The maximum absolute atomic E-state index is 13.2. The minimum absolute atomic E-state index is 0.0813. The summed E-state index contributed by atoms with van der Waals surface area (Å²) in [6.07, 6.45) is 1.49. The van der Waals surface area contributed by atoms with Crippen LogP contribution in [0.25, 0.3) is 21.3 Å². The molecule has 2 aromatic carbocycles. The van der Waals surface area contributed by atoms with E-state index in [0.717, 1.165) is 40.2 Å². The second-order valence-electron chi connectivity index (χ2n) is 10.4. The van der Waals surface area contributed by atoms with Gasteiger partial charge in [0.15, 0.2) is 20.9 Å². The largest absolute Gasteiger partial charge is 0.384 e. The molecule has 2 aliphatic rings. The quantitative estimate of drug-likeness (QED) is 0.333. The van der Waals surface area contributed by atoms with E-state index in [2.05, 4.69) is 10.3 Å². The zero-order valence-electron chi connectivity index (χ0n) is 22.3. The number of ether oxygens (including phenoxy) is 1. The summed E-state index contributed by atoms with van der Waals surface area (Å²) in [6.45, 7) is -1.26. The van der Waals surface area contributed by atoms with Crippen molar-refractivity contribution >= 4 is 49.0 Å². The number of Topliss-reactive ketones (excluding diaryl/α,β-unsaturated/α-hetero) is 1. The summed E-state index contributed by atoms with van der Waals surface area (Å²) in [5.74, 6) is -4.53. The minimum Gasteiger partial charge on any atom is -0.384 e. The van der Waals surface area contributed by atoms with E-state index in [4.69, 9.17) is 4.74 Å². The van der Waals surface area contributed by atoms with Gasteiger partial charge in [-0.3, -0.25) is 14.4 Å². The van der Waals surface area contributed by atoms with Crippen LogP contribution in [-0.2, 0) is 24.2 Å². The highest BCUT2D eigenvalue weighted by Crippen LogP contribution is 2.35. The summed E-state index contributed by atoms with van der Waals surface area (Å²) in [6, 6.07) is 12.0. The number of amides is 2. The number of rotatable bonds is 12. The fraction of sp³-hybridized carbons (Fsp3) is 0.429. The van der Waals surface area contributed by atoms with Gasteiger partial charge in [-0.15, -0.1) is 11.3 Å². The molecule has 1 saturated heterocycles. The zero-order valence-corrected chi connectivity index (χ0v) is 23.9. The van der Waals surface area contributed by atoms with Gasteiger partial charge in [0.05, 0.1) is 35.7 Å². The molecule has 2 fully saturated rings. The van der Waals surface area contributed by atoms with E-state index in [9.17, 15) is 31.6 Å². The van der Waals surface area contributed by atoms with Crippen LogP contribution in [0.2, 0.25) is 0 Å². The van der Waals surface area contributed by atoms with Gasteiger partial charge < -0.3 is 15.0 Å². The molecule has 1 unspecified atom stereocenters. The summed E-state index contributed by atoms with van der Waals surface area (Å²) in [7, 11) is -2.60. The third-order valence-electron chi connectivity index (χ3n) is 6.99. The van der Waals surface area contributed by atoms with Gasteiger partial charge >= 0.3 is 0 Å². The number of sulfone groups is 1. The number of nitrogens with zero attached hydrogens (tertiary/aromatic N) is 2. The Kier molecular flexibility index (Phi) is 8.22. The molecule has 1 atom stereocenters. The summed E-state index contributed by atoms with van der Waals surface area (Å²) in [5, 5.41) is 1.43. The number of carbonyl (C=O) groups is 3. The first-order valence-electron chi connectivity index (χ1n) is 13.2. The normalized spacial score (nSPS) is 17.2. The standard InChI is InChI=1S/C28H29F2N3O6S2/c1-39-12-13-41(37,38)25(22(34)10-11-24(35)31-20-7-8-20)26-32-21-9-6-19(14-23(21)40-26)17-2-4-18(5-3-17)27(36)33-15-28(29,30)16-33/h2-6,9,14,20,25H,7-8,10-13,15-16H2,1H3,(H,31,35). The fourth-order valence-electron chi connectivity index (χ4n) is 4.58. The minimum atomic E-state index is -3.97. The second-order valence-corrected chi connectivity index (χ2v) is 13.6. The van der Waals surface area contributed by atoms with E-state index in [1.54, 1.807) is 36.4 Å². The Morgan fingerprint density at radius 3 is 2.41 bits per heavy atom. The van der Waals surface area contributed by atoms with Crippen LogP contribution < -0.4 is 5.32 Å². The number of hydrogen-bond donors (Lipinski definition) is 1. The highest BCUT2D eigenvalue weighted by atomic mass is 32.2. The van der Waals surface area contributed by atoms with Crippen LogP contribution in [0.3, 0.4) is 0 Å². The molecule has 0 radical (unpaired) electrons. The first-order chi connectivity index (χ1) is 19.5. The smallest absolute Gasteiger partial charge is 0.282 e. The molecule has 218 valence electrons. The Balaban J connectivity index is 1.36. The molecule has 2 amide bonds. The molecule has 1 aliphatic carbocycles. The first-order valence-corrected chi connectivity index (χ1v) is 15.7. The summed E-state index contributed by atoms with van der Waals surface area (Å²) >= 11 is 1.10. The van der Waals surface area contributed by atoms with Gasteiger partial charge in [-0.1, -0.05) is 18.2 Å². The van der Waals surface area contributed by atoms with Crippen molar-refractivity contribution in [1.29, 1.82) is 0 Å². The maximum atomic E-state index is 13.2. The number of thiazole rings is 1. The lowest BCUT2D eigenvalue weighted by Gasteiger charge is -2.38. The van der Waals surface area contributed by atoms with E-state index in [1.807, 2.05) is 6.07 Å². The predicted molar refractivity (Wildman–Crippen MR) is 150 cm³/mol. The van der Waals surface area contributed by atoms with Gasteiger partial charge in [0, 0.05) is 31.6 Å². The van der Waals surface area contributed by atoms with Gasteiger partial charge in [-0.05, 0) is 48.2 Å². The SMILES string of the molecule is COCCS(=O)(=O)C(C(=O)CCC(=O)NC1CC1)c1nc2ccc(-c3ccc(C(=O)N4CC(F)(F)C4)cc3)cc2s1. The number of fused-ring (bicyclic) bond motifs is 1. The summed E-state index contributed by atoms with van der Waals surface area (Å²) in [5.41, 5.74) is 2.35. The molecule has 1 saturated carbocycles. The molecule has 1 aliphatic heterocycles. The molecule has 13 heteroatoms. The predicted octanol–water partition coefficient (Wildman–Crippen LogP) is 3.78. The van der Waals surface area contributed by atoms with Crippen LogP contribution in [-0.4, -0.2) is 80.4 Å². The number of hydrogen-bond acceptors (Lipinski definition) is 8. The van der Waals surface area contributed by atoms with Crippen LogP contribution in [0, 0.1) is 0 Å². The highest BCUT2D eigenvalue weighted by molar-refractivity contribution is 7.92.